The van der Waals surface area contributed by atoms with E-state index in [9.17, 15) is 9.90 Å². The highest BCUT2D eigenvalue weighted by Crippen LogP contribution is 2.39. The van der Waals surface area contributed by atoms with Gasteiger partial charge in [-0.25, -0.2) is 4.79 Å². The standard InChI is InChI=1S/C26H36ClN5O4Si/c1-26(2,3)32(25(33)34)17-13-18(14-17)36-23-21-19(20-9-7-8-10-28-20)15-31(22(21)29-24(27)30-23)16-35-11-12-37(4,5)6/h7-10,15,17-18H,11-14,16H2,1-6H3,(H,33,34)/t17-,18-. The van der Waals surface area contributed by atoms with Crippen molar-refractivity contribution >= 4 is 36.8 Å². The first-order valence-corrected chi connectivity index (χ1v) is 16.7. The summed E-state index contributed by atoms with van der Waals surface area (Å²) in [5.41, 5.74) is 1.71. The molecule has 1 aliphatic rings. The summed E-state index contributed by atoms with van der Waals surface area (Å²) in [6, 6.07) is 6.67. The number of amides is 1. The molecule has 4 rings (SSSR count). The van der Waals surface area contributed by atoms with Gasteiger partial charge < -0.3 is 24.0 Å². The van der Waals surface area contributed by atoms with Crippen molar-refractivity contribution < 1.29 is 19.4 Å². The van der Waals surface area contributed by atoms with Crippen LogP contribution in [0.15, 0.2) is 30.6 Å². The number of aromatic nitrogens is 4. The first-order chi connectivity index (χ1) is 17.3. The highest BCUT2D eigenvalue weighted by molar-refractivity contribution is 6.76. The lowest BCUT2D eigenvalue weighted by molar-refractivity contribution is -0.0143. The number of fused-ring (bicyclic) bond motifs is 1. The summed E-state index contributed by atoms with van der Waals surface area (Å²) in [5.74, 6) is 0.373. The molecule has 1 N–H and O–H groups in total. The van der Waals surface area contributed by atoms with Crippen molar-refractivity contribution in [2.45, 2.75) is 83.7 Å². The predicted octanol–water partition coefficient (Wildman–Crippen LogP) is 6.15. The molecule has 0 bridgehead atoms. The van der Waals surface area contributed by atoms with E-state index >= 15 is 0 Å². The lowest BCUT2D eigenvalue weighted by Crippen LogP contribution is -2.58. The van der Waals surface area contributed by atoms with E-state index in [0.717, 1.165) is 17.3 Å². The molecular formula is C26H36ClN5O4Si. The molecule has 0 radical (unpaired) electrons. The maximum atomic E-state index is 11.9. The number of nitrogens with zero attached hydrogens (tertiary/aromatic N) is 5. The Morgan fingerprint density at radius 1 is 1.24 bits per heavy atom. The molecule has 200 valence electrons. The summed E-state index contributed by atoms with van der Waals surface area (Å²) in [5, 5.41) is 10.5. The molecular weight excluding hydrogens is 510 g/mol. The van der Waals surface area contributed by atoms with Gasteiger partial charge in [-0.15, -0.1) is 0 Å². The molecule has 37 heavy (non-hydrogen) atoms. The molecule has 0 aliphatic heterocycles. The topological polar surface area (TPSA) is 103 Å². The Morgan fingerprint density at radius 2 is 1.97 bits per heavy atom. The summed E-state index contributed by atoms with van der Waals surface area (Å²) >= 11 is 6.35. The molecule has 9 nitrogen and oxygen atoms in total. The normalized spacial score (nSPS) is 18.0. The Hall–Kier alpha value is -2.69. The molecule has 0 saturated heterocycles. The lowest BCUT2D eigenvalue weighted by Gasteiger charge is -2.46. The molecule has 1 saturated carbocycles. The van der Waals surface area contributed by atoms with E-state index in [4.69, 9.17) is 21.1 Å². The summed E-state index contributed by atoms with van der Waals surface area (Å²) in [7, 11) is -1.21. The van der Waals surface area contributed by atoms with Crippen LogP contribution < -0.4 is 4.74 Å². The number of halogens is 1. The number of pyridine rings is 1. The van der Waals surface area contributed by atoms with Gasteiger partial charge in [0.05, 0.1) is 11.1 Å². The second-order valence-electron chi connectivity index (χ2n) is 11.8. The molecule has 0 atom stereocenters. The summed E-state index contributed by atoms with van der Waals surface area (Å²) < 4.78 is 14.3. The molecule has 3 heterocycles. The Bertz CT molecular complexity index is 1250. The van der Waals surface area contributed by atoms with Gasteiger partial charge in [0.25, 0.3) is 0 Å². The molecule has 11 heteroatoms. The third-order valence-electron chi connectivity index (χ3n) is 6.47. The fourth-order valence-electron chi connectivity index (χ4n) is 4.56. The zero-order chi connectivity index (χ0) is 27.0. The van der Waals surface area contributed by atoms with Crippen LogP contribution in [0.2, 0.25) is 31.0 Å². The third-order valence-corrected chi connectivity index (χ3v) is 8.34. The van der Waals surface area contributed by atoms with Crippen LogP contribution in [-0.4, -0.2) is 68.0 Å². The maximum absolute atomic E-state index is 11.9. The zero-order valence-electron chi connectivity index (χ0n) is 22.4. The summed E-state index contributed by atoms with van der Waals surface area (Å²) in [6.07, 6.45) is 3.74. The molecule has 0 unspecified atom stereocenters. The molecule has 1 aliphatic carbocycles. The van der Waals surface area contributed by atoms with Crippen LogP contribution in [0.25, 0.3) is 22.3 Å². The Balaban J connectivity index is 1.62. The van der Waals surface area contributed by atoms with E-state index in [2.05, 4.69) is 34.6 Å². The minimum Gasteiger partial charge on any atom is -0.474 e. The predicted molar refractivity (Wildman–Crippen MR) is 147 cm³/mol. The number of hydrogen-bond acceptors (Lipinski definition) is 6. The smallest absolute Gasteiger partial charge is 0.407 e. The fourth-order valence-corrected chi connectivity index (χ4v) is 5.48. The van der Waals surface area contributed by atoms with Gasteiger partial charge in [0.1, 0.15) is 12.8 Å². The van der Waals surface area contributed by atoms with Crippen LogP contribution in [0.5, 0.6) is 5.88 Å². The van der Waals surface area contributed by atoms with Crippen molar-refractivity contribution in [3.05, 3.63) is 35.9 Å². The highest BCUT2D eigenvalue weighted by atomic mass is 35.5. The van der Waals surface area contributed by atoms with Crippen LogP contribution in [0, 0.1) is 0 Å². The van der Waals surface area contributed by atoms with Crippen LogP contribution in [0.1, 0.15) is 33.6 Å². The van der Waals surface area contributed by atoms with Gasteiger partial charge in [0.2, 0.25) is 11.2 Å². The maximum Gasteiger partial charge on any atom is 0.407 e. The first kappa shape index (κ1) is 27.3. The van der Waals surface area contributed by atoms with E-state index in [1.807, 2.05) is 49.7 Å². The molecule has 3 aromatic rings. The van der Waals surface area contributed by atoms with Crippen molar-refractivity contribution in [3.63, 3.8) is 0 Å². The summed E-state index contributed by atoms with van der Waals surface area (Å²) in [4.78, 5) is 26.8. The average Bonchev–Trinajstić information content (AvgIpc) is 3.12. The van der Waals surface area contributed by atoms with Gasteiger partial charge >= 0.3 is 6.09 Å². The van der Waals surface area contributed by atoms with E-state index in [-0.39, 0.29) is 17.4 Å². The number of rotatable bonds is 9. The first-order valence-electron chi connectivity index (χ1n) is 12.6. The Labute approximate surface area is 223 Å². The number of hydrogen-bond donors (Lipinski definition) is 1. The molecule has 0 aromatic carbocycles. The second kappa shape index (κ2) is 10.6. The van der Waals surface area contributed by atoms with E-state index in [0.29, 0.717) is 43.1 Å². The molecule has 1 amide bonds. The Morgan fingerprint density at radius 3 is 2.57 bits per heavy atom. The van der Waals surface area contributed by atoms with Crippen molar-refractivity contribution in [1.29, 1.82) is 0 Å². The lowest BCUT2D eigenvalue weighted by atomic mass is 9.85. The molecule has 0 spiro atoms. The third kappa shape index (κ3) is 6.42. The largest absolute Gasteiger partial charge is 0.474 e. The van der Waals surface area contributed by atoms with Crippen molar-refractivity contribution in [2.24, 2.45) is 0 Å². The highest BCUT2D eigenvalue weighted by Gasteiger charge is 2.42. The van der Waals surface area contributed by atoms with Gasteiger partial charge in [-0.1, -0.05) is 25.7 Å². The van der Waals surface area contributed by atoms with E-state index < -0.39 is 19.7 Å². The van der Waals surface area contributed by atoms with Crippen LogP contribution in [-0.2, 0) is 11.5 Å². The fraction of sp³-hybridized carbons (Fsp3) is 0.538. The number of ether oxygens (including phenoxy) is 2. The van der Waals surface area contributed by atoms with Gasteiger partial charge in [-0.2, -0.15) is 9.97 Å². The molecule has 3 aromatic heterocycles. The average molecular weight is 546 g/mol. The number of carboxylic acid groups (broad SMARTS) is 1. The van der Waals surface area contributed by atoms with Crippen LogP contribution in [0.3, 0.4) is 0 Å². The van der Waals surface area contributed by atoms with Crippen molar-refractivity contribution in [2.75, 3.05) is 6.61 Å². The SMILES string of the molecule is CC(C)(C)N(C(=O)O)[C@H]1C[C@H](Oc2nc(Cl)nc3c2c(-c2ccccn2)cn3COCC[Si](C)(C)C)C1. The minimum atomic E-state index is -1.21. The van der Waals surface area contributed by atoms with Crippen molar-refractivity contribution in [1.82, 2.24) is 24.4 Å². The Kier molecular flexibility index (Phi) is 7.82. The number of carbonyl (C=O) groups is 1. The van der Waals surface area contributed by atoms with Gasteiger partial charge in [-0.05, 0) is 50.5 Å². The quantitative estimate of drug-likeness (QED) is 0.195. The minimum absolute atomic E-state index is 0.0780. The zero-order valence-corrected chi connectivity index (χ0v) is 24.1. The van der Waals surface area contributed by atoms with Gasteiger partial charge in [0, 0.05) is 57.1 Å². The van der Waals surface area contributed by atoms with Crippen LogP contribution >= 0.6 is 11.6 Å². The van der Waals surface area contributed by atoms with Gasteiger partial charge in [-0.3, -0.25) is 4.98 Å². The monoisotopic (exact) mass is 545 g/mol. The van der Waals surface area contributed by atoms with E-state index in [1.54, 1.807) is 6.20 Å². The second-order valence-corrected chi connectivity index (χ2v) is 17.7. The van der Waals surface area contributed by atoms with Crippen molar-refractivity contribution in [3.8, 4) is 17.1 Å². The summed E-state index contributed by atoms with van der Waals surface area (Å²) in [6.45, 7) is 13.7. The molecule has 1 fully saturated rings. The van der Waals surface area contributed by atoms with Crippen LogP contribution in [0.4, 0.5) is 4.79 Å². The van der Waals surface area contributed by atoms with Gasteiger partial charge in [0.15, 0.2) is 5.65 Å². The van der Waals surface area contributed by atoms with E-state index in [1.165, 1.54) is 4.90 Å².